The second-order valence-corrected chi connectivity index (χ2v) is 5.19. The zero-order valence-electron chi connectivity index (χ0n) is 13.3. The minimum Gasteiger partial charge on any atom is -0.423 e. The standard InChI is InChI=1S/C16H16FN5O2/c1-3-12-21-22-13(24-12)8-18-16(23)14-9(2)19-15(20-14)10-4-6-11(17)7-5-10/h4-7H,3,8H2,1-2H3,(H,18,23)(H,19,20). The molecule has 0 aliphatic carbocycles. The maximum Gasteiger partial charge on any atom is 0.272 e. The third kappa shape index (κ3) is 3.32. The number of imidazole rings is 1. The Labute approximate surface area is 137 Å². The Balaban J connectivity index is 1.72. The van der Waals surface area contributed by atoms with Crippen LogP contribution < -0.4 is 5.32 Å². The highest BCUT2D eigenvalue weighted by Gasteiger charge is 2.16. The fourth-order valence-corrected chi connectivity index (χ4v) is 2.17. The third-order valence-electron chi connectivity index (χ3n) is 3.43. The molecule has 7 nitrogen and oxygen atoms in total. The molecule has 1 aromatic carbocycles. The lowest BCUT2D eigenvalue weighted by atomic mass is 10.2. The van der Waals surface area contributed by atoms with E-state index in [0.717, 1.165) is 0 Å². The minimum atomic E-state index is -0.353. The predicted molar refractivity (Wildman–Crippen MR) is 83.6 cm³/mol. The van der Waals surface area contributed by atoms with E-state index in [1.54, 1.807) is 19.1 Å². The van der Waals surface area contributed by atoms with Gasteiger partial charge in [0.25, 0.3) is 5.91 Å². The molecule has 0 aliphatic rings. The minimum absolute atomic E-state index is 0.129. The number of hydrogen-bond donors (Lipinski definition) is 2. The van der Waals surface area contributed by atoms with Crippen molar-refractivity contribution in [2.45, 2.75) is 26.8 Å². The van der Waals surface area contributed by atoms with Gasteiger partial charge in [-0.3, -0.25) is 4.79 Å². The number of aromatic amines is 1. The van der Waals surface area contributed by atoms with Gasteiger partial charge in [-0.05, 0) is 31.2 Å². The lowest BCUT2D eigenvalue weighted by Crippen LogP contribution is -2.24. The molecule has 3 rings (SSSR count). The summed E-state index contributed by atoms with van der Waals surface area (Å²) in [5.74, 6) is 0.684. The van der Waals surface area contributed by atoms with Gasteiger partial charge in [0.05, 0.1) is 6.54 Å². The molecule has 3 aromatic rings. The second-order valence-electron chi connectivity index (χ2n) is 5.19. The van der Waals surface area contributed by atoms with Crippen molar-refractivity contribution >= 4 is 5.91 Å². The molecule has 0 radical (unpaired) electrons. The number of halogens is 1. The van der Waals surface area contributed by atoms with E-state index in [9.17, 15) is 9.18 Å². The Hall–Kier alpha value is -3.03. The molecule has 1 amide bonds. The molecule has 24 heavy (non-hydrogen) atoms. The van der Waals surface area contributed by atoms with Crippen molar-refractivity contribution in [3.8, 4) is 11.4 Å². The maximum atomic E-state index is 13.0. The molecule has 0 unspecified atom stereocenters. The number of amides is 1. The zero-order valence-corrected chi connectivity index (χ0v) is 13.3. The largest absolute Gasteiger partial charge is 0.423 e. The fraction of sp³-hybridized carbons (Fsp3) is 0.250. The monoisotopic (exact) mass is 329 g/mol. The van der Waals surface area contributed by atoms with Crippen molar-refractivity contribution in [1.29, 1.82) is 0 Å². The van der Waals surface area contributed by atoms with Crippen LogP contribution in [0.5, 0.6) is 0 Å². The number of hydrogen-bond acceptors (Lipinski definition) is 5. The van der Waals surface area contributed by atoms with E-state index in [4.69, 9.17) is 4.42 Å². The first-order valence-corrected chi connectivity index (χ1v) is 7.48. The summed E-state index contributed by atoms with van der Waals surface area (Å²) in [6.45, 7) is 3.78. The highest BCUT2D eigenvalue weighted by atomic mass is 19.1. The molecule has 0 saturated carbocycles. The van der Waals surface area contributed by atoms with Gasteiger partial charge < -0.3 is 14.7 Å². The van der Waals surface area contributed by atoms with Crippen LogP contribution in [0.2, 0.25) is 0 Å². The Morgan fingerprint density at radius 1 is 1.25 bits per heavy atom. The summed E-state index contributed by atoms with van der Waals surface area (Å²) >= 11 is 0. The normalized spacial score (nSPS) is 10.8. The first kappa shape index (κ1) is 15.9. The van der Waals surface area contributed by atoms with Gasteiger partial charge in [-0.1, -0.05) is 6.92 Å². The number of nitrogens with one attached hydrogen (secondary N) is 2. The van der Waals surface area contributed by atoms with Crippen molar-refractivity contribution in [1.82, 2.24) is 25.5 Å². The number of aryl methyl sites for hydroxylation is 2. The lowest BCUT2D eigenvalue weighted by Gasteiger charge is -2.00. The van der Waals surface area contributed by atoms with Crippen LogP contribution in [0.25, 0.3) is 11.4 Å². The Morgan fingerprint density at radius 2 is 1.96 bits per heavy atom. The van der Waals surface area contributed by atoms with Gasteiger partial charge in [-0.25, -0.2) is 9.37 Å². The summed E-state index contributed by atoms with van der Waals surface area (Å²) in [5.41, 5.74) is 1.58. The molecule has 8 heteroatoms. The van der Waals surface area contributed by atoms with Crippen molar-refractivity contribution in [3.05, 3.63) is 53.3 Å². The molecule has 0 aliphatic heterocycles. The average molecular weight is 329 g/mol. The van der Waals surface area contributed by atoms with Crippen LogP contribution in [0, 0.1) is 12.7 Å². The average Bonchev–Trinajstić information content (AvgIpc) is 3.20. The second kappa shape index (κ2) is 6.61. The molecular formula is C16H16FN5O2. The predicted octanol–water partition coefficient (Wildman–Crippen LogP) is 2.40. The summed E-state index contributed by atoms with van der Waals surface area (Å²) in [6, 6.07) is 5.88. The maximum absolute atomic E-state index is 13.0. The highest BCUT2D eigenvalue weighted by molar-refractivity contribution is 5.94. The van der Waals surface area contributed by atoms with Crippen molar-refractivity contribution < 1.29 is 13.6 Å². The van der Waals surface area contributed by atoms with Gasteiger partial charge in [-0.2, -0.15) is 0 Å². The molecule has 0 spiro atoms. The van der Waals surface area contributed by atoms with Gasteiger partial charge in [-0.15, -0.1) is 10.2 Å². The van der Waals surface area contributed by atoms with Gasteiger partial charge in [0.1, 0.15) is 17.3 Å². The van der Waals surface area contributed by atoms with Crippen LogP contribution in [0.1, 0.15) is 34.9 Å². The van der Waals surface area contributed by atoms with Gasteiger partial charge in [0, 0.05) is 17.7 Å². The Kier molecular flexibility index (Phi) is 4.37. The van der Waals surface area contributed by atoms with Crippen molar-refractivity contribution in [2.75, 3.05) is 0 Å². The van der Waals surface area contributed by atoms with Crippen LogP contribution in [-0.2, 0) is 13.0 Å². The van der Waals surface area contributed by atoms with Crippen LogP contribution in [0.15, 0.2) is 28.7 Å². The number of aromatic nitrogens is 4. The molecule has 0 bridgehead atoms. The first-order valence-electron chi connectivity index (χ1n) is 7.48. The summed E-state index contributed by atoms with van der Waals surface area (Å²) in [6.07, 6.45) is 0.639. The molecule has 2 aromatic heterocycles. The van der Waals surface area contributed by atoms with Crippen molar-refractivity contribution in [2.24, 2.45) is 0 Å². The van der Waals surface area contributed by atoms with E-state index in [0.29, 0.717) is 35.3 Å². The quantitative estimate of drug-likeness (QED) is 0.749. The number of nitrogens with zero attached hydrogens (tertiary/aromatic N) is 3. The van der Waals surface area contributed by atoms with Crippen LogP contribution in [0.4, 0.5) is 4.39 Å². The van der Waals surface area contributed by atoms with E-state index < -0.39 is 0 Å². The number of carbonyl (C=O) groups excluding carboxylic acids is 1. The van der Waals surface area contributed by atoms with Gasteiger partial charge in [0.2, 0.25) is 11.8 Å². The summed E-state index contributed by atoms with van der Waals surface area (Å²) in [4.78, 5) is 19.6. The number of carbonyl (C=O) groups is 1. The number of benzene rings is 1. The van der Waals surface area contributed by atoms with E-state index in [2.05, 4.69) is 25.5 Å². The van der Waals surface area contributed by atoms with E-state index in [-0.39, 0.29) is 24.0 Å². The fourth-order valence-electron chi connectivity index (χ4n) is 2.17. The molecule has 2 N–H and O–H groups in total. The lowest BCUT2D eigenvalue weighted by molar-refractivity contribution is 0.0942. The van der Waals surface area contributed by atoms with E-state index >= 15 is 0 Å². The summed E-state index contributed by atoms with van der Waals surface area (Å²) in [5, 5.41) is 10.4. The Morgan fingerprint density at radius 3 is 2.62 bits per heavy atom. The Bertz CT molecular complexity index is 854. The third-order valence-corrected chi connectivity index (χ3v) is 3.43. The molecule has 0 atom stereocenters. The molecule has 0 fully saturated rings. The topological polar surface area (TPSA) is 96.7 Å². The molecule has 2 heterocycles. The van der Waals surface area contributed by atoms with E-state index in [1.807, 2.05) is 6.92 Å². The summed E-state index contributed by atoms with van der Waals surface area (Å²) < 4.78 is 18.3. The van der Waals surface area contributed by atoms with Gasteiger partial charge >= 0.3 is 0 Å². The molecular weight excluding hydrogens is 313 g/mol. The van der Waals surface area contributed by atoms with Crippen LogP contribution in [-0.4, -0.2) is 26.1 Å². The highest BCUT2D eigenvalue weighted by Crippen LogP contribution is 2.18. The first-order chi connectivity index (χ1) is 11.6. The number of H-pyrrole nitrogens is 1. The smallest absolute Gasteiger partial charge is 0.272 e. The van der Waals surface area contributed by atoms with Crippen LogP contribution in [0.3, 0.4) is 0 Å². The molecule has 124 valence electrons. The van der Waals surface area contributed by atoms with Gasteiger partial charge in [0.15, 0.2) is 0 Å². The SMILES string of the molecule is CCc1nnc(CNC(=O)c2nc(-c3ccc(F)cc3)[nH]c2C)o1. The number of rotatable bonds is 5. The summed E-state index contributed by atoms with van der Waals surface area (Å²) in [7, 11) is 0. The van der Waals surface area contributed by atoms with E-state index in [1.165, 1.54) is 12.1 Å². The van der Waals surface area contributed by atoms with Crippen molar-refractivity contribution in [3.63, 3.8) is 0 Å². The van der Waals surface area contributed by atoms with Crippen LogP contribution >= 0.6 is 0 Å². The molecule has 0 saturated heterocycles. The zero-order chi connectivity index (χ0) is 17.1.